The van der Waals surface area contributed by atoms with Crippen molar-refractivity contribution in [2.45, 2.75) is 12.6 Å². The molecule has 1 heterocycles. The first-order valence-electron chi connectivity index (χ1n) is 8.02. The second-order valence-corrected chi connectivity index (χ2v) is 6.90. The highest BCUT2D eigenvalue weighted by atomic mass is 35.5. The van der Waals surface area contributed by atoms with Crippen LogP contribution in [0.4, 0.5) is 11.4 Å². The molecule has 1 aliphatic rings. The van der Waals surface area contributed by atoms with Crippen LogP contribution >= 0.6 is 23.2 Å². The minimum Gasteiger partial charge on any atom is -0.306 e. The zero-order chi connectivity index (χ0) is 18.8. The van der Waals surface area contributed by atoms with E-state index in [1.165, 1.54) is 18.2 Å². The summed E-state index contributed by atoms with van der Waals surface area (Å²) in [5.41, 5.74) is 1.88. The maximum atomic E-state index is 13.2. The molecule has 1 amide bonds. The number of carbonyl (C=O) groups is 1. The van der Waals surface area contributed by atoms with Crippen LogP contribution in [0.3, 0.4) is 0 Å². The molecule has 1 atom stereocenters. The van der Waals surface area contributed by atoms with Gasteiger partial charge in [-0.15, -0.1) is 11.6 Å². The molecular formula is C18H17Cl2N3O3. The number of nitrogens with zero attached hydrogens (tertiary/aromatic N) is 3. The normalized spacial score (nSPS) is 17.5. The number of hydrogen-bond acceptors (Lipinski definition) is 4. The van der Waals surface area contributed by atoms with Crippen LogP contribution in [0, 0.1) is 10.1 Å². The van der Waals surface area contributed by atoms with Crippen LogP contribution in [-0.4, -0.2) is 41.2 Å². The number of para-hydroxylation sites is 1. The van der Waals surface area contributed by atoms with E-state index in [0.717, 1.165) is 11.3 Å². The van der Waals surface area contributed by atoms with Crippen LogP contribution in [0.1, 0.15) is 15.9 Å². The van der Waals surface area contributed by atoms with Crippen molar-refractivity contribution in [1.82, 2.24) is 4.90 Å². The summed E-state index contributed by atoms with van der Waals surface area (Å²) in [6.07, 6.45) is 0. The quantitative estimate of drug-likeness (QED) is 0.449. The molecule has 0 fully saturated rings. The third-order valence-corrected chi connectivity index (χ3v) is 5.20. The van der Waals surface area contributed by atoms with Gasteiger partial charge in [-0.05, 0) is 24.7 Å². The van der Waals surface area contributed by atoms with Gasteiger partial charge in [0.25, 0.3) is 11.6 Å². The lowest BCUT2D eigenvalue weighted by Crippen LogP contribution is -2.43. The highest BCUT2D eigenvalue weighted by Gasteiger charge is 2.30. The van der Waals surface area contributed by atoms with Crippen LogP contribution in [-0.2, 0) is 6.54 Å². The number of amides is 1. The van der Waals surface area contributed by atoms with E-state index in [0.29, 0.717) is 19.0 Å². The largest absolute Gasteiger partial charge is 0.306 e. The predicted octanol–water partition coefficient (Wildman–Crippen LogP) is 3.95. The number of nitro groups is 1. The number of hydrogen-bond donors (Lipinski definition) is 0. The lowest BCUT2D eigenvalue weighted by atomic mass is 10.1. The molecule has 0 bridgehead atoms. The second-order valence-electron chi connectivity index (χ2n) is 6.19. The Labute approximate surface area is 161 Å². The first-order chi connectivity index (χ1) is 12.4. The molecule has 3 rings (SSSR count). The van der Waals surface area contributed by atoms with Gasteiger partial charge in [-0.25, -0.2) is 0 Å². The van der Waals surface area contributed by atoms with Gasteiger partial charge < -0.3 is 4.90 Å². The Morgan fingerprint density at radius 2 is 2.04 bits per heavy atom. The van der Waals surface area contributed by atoms with Gasteiger partial charge in [0.2, 0.25) is 0 Å². The molecule has 2 aromatic carbocycles. The molecule has 1 aliphatic heterocycles. The lowest BCUT2D eigenvalue weighted by molar-refractivity contribution is -0.384. The summed E-state index contributed by atoms with van der Waals surface area (Å²) in [6, 6.07) is 11.5. The number of fused-ring (bicyclic) bond motifs is 1. The van der Waals surface area contributed by atoms with Gasteiger partial charge in [-0.3, -0.25) is 19.8 Å². The predicted molar refractivity (Wildman–Crippen MR) is 102 cm³/mol. The lowest BCUT2D eigenvalue weighted by Gasteiger charge is -2.28. The van der Waals surface area contributed by atoms with E-state index < -0.39 is 4.92 Å². The number of benzene rings is 2. The first kappa shape index (κ1) is 18.6. The fraction of sp³-hybridized carbons (Fsp3) is 0.278. The monoisotopic (exact) mass is 393 g/mol. The number of carbonyl (C=O) groups excluding carboxylic acids is 1. The van der Waals surface area contributed by atoms with Crippen LogP contribution in [0.15, 0.2) is 42.5 Å². The van der Waals surface area contributed by atoms with Crippen LogP contribution in [0.25, 0.3) is 0 Å². The maximum absolute atomic E-state index is 13.2. The Morgan fingerprint density at radius 3 is 2.69 bits per heavy atom. The van der Waals surface area contributed by atoms with Gasteiger partial charge in [0.05, 0.1) is 15.5 Å². The first-order valence-corrected chi connectivity index (χ1v) is 8.93. The van der Waals surface area contributed by atoms with E-state index in [-0.39, 0.29) is 28.2 Å². The molecular weight excluding hydrogens is 377 g/mol. The molecule has 0 aliphatic carbocycles. The summed E-state index contributed by atoms with van der Waals surface area (Å²) in [5, 5.41) is 11.0. The molecule has 0 radical (unpaired) electrons. The zero-order valence-corrected chi connectivity index (χ0v) is 15.6. The van der Waals surface area contributed by atoms with Crippen molar-refractivity contribution in [3.63, 3.8) is 0 Å². The molecule has 0 N–H and O–H groups in total. The van der Waals surface area contributed by atoms with Gasteiger partial charge >= 0.3 is 0 Å². The number of nitro benzene ring substituents is 1. The number of non-ortho nitro benzene ring substituents is 1. The molecule has 0 saturated heterocycles. The summed E-state index contributed by atoms with van der Waals surface area (Å²) >= 11 is 12.3. The van der Waals surface area contributed by atoms with E-state index >= 15 is 0 Å². The minimum atomic E-state index is -0.542. The Morgan fingerprint density at radius 1 is 1.31 bits per heavy atom. The summed E-state index contributed by atoms with van der Waals surface area (Å²) in [4.78, 5) is 27.3. The van der Waals surface area contributed by atoms with Crippen molar-refractivity contribution in [2.75, 3.05) is 24.4 Å². The Balaban J connectivity index is 2.03. The van der Waals surface area contributed by atoms with Crippen LogP contribution in [0.2, 0.25) is 5.02 Å². The fourth-order valence-electron chi connectivity index (χ4n) is 3.05. The number of anilines is 1. The van der Waals surface area contributed by atoms with Gasteiger partial charge in [0.15, 0.2) is 0 Å². The summed E-state index contributed by atoms with van der Waals surface area (Å²) in [6.45, 7) is 1.08. The van der Waals surface area contributed by atoms with E-state index in [9.17, 15) is 14.9 Å². The van der Waals surface area contributed by atoms with E-state index in [2.05, 4.69) is 4.90 Å². The molecule has 0 spiro atoms. The number of halogens is 2. The van der Waals surface area contributed by atoms with Crippen molar-refractivity contribution in [2.24, 2.45) is 0 Å². The average molecular weight is 394 g/mol. The molecule has 0 saturated carbocycles. The standard InChI is InChI=1S/C18H17Cl2N3O3/c1-21-10-12-4-2-3-5-17(12)22(11-14(21)9-19)18(24)15-7-6-13(23(25)26)8-16(15)20/h2-8,14H,9-11H2,1H3. The molecule has 8 heteroatoms. The van der Waals surface area contributed by atoms with Crippen molar-refractivity contribution < 1.29 is 9.72 Å². The number of rotatable bonds is 3. The average Bonchev–Trinajstić information content (AvgIpc) is 2.76. The van der Waals surface area contributed by atoms with Gasteiger partial charge in [-0.2, -0.15) is 0 Å². The smallest absolute Gasteiger partial charge is 0.270 e. The highest BCUT2D eigenvalue weighted by molar-refractivity contribution is 6.34. The SMILES string of the molecule is CN1Cc2ccccc2N(C(=O)c2ccc([N+](=O)[O-])cc2Cl)CC1CCl. The van der Waals surface area contributed by atoms with E-state index in [1.807, 2.05) is 31.3 Å². The van der Waals surface area contributed by atoms with Gasteiger partial charge in [0, 0.05) is 42.8 Å². The molecule has 2 aromatic rings. The Hall–Kier alpha value is -2.15. The molecule has 0 aromatic heterocycles. The number of alkyl halides is 1. The molecule has 136 valence electrons. The van der Waals surface area contributed by atoms with Crippen molar-refractivity contribution in [1.29, 1.82) is 0 Å². The third kappa shape index (κ3) is 3.53. The summed E-state index contributed by atoms with van der Waals surface area (Å²) < 4.78 is 0. The molecule has 6 nitrogen and oxygen atoms in total. The van der Waals surface area contributed by atoms with Crippen LogP contribution in [0.5, 0.6) is 0 Å². The third-order valence-electron chi connectivity index (χ3n) is 4.54. The van der Waals surface area contributed by atoms with Crippen LogP contribution < -0.4 is 4.90 Å². The summed E-state index contributed by atoms with van der Waals surface area (Å²) in [7, 11) is 1.97. The van der Waals surface area contributed by atoms with E-state index in [4.69, 9.17) is 23.2 Å². The van der Waals surface area contributed by atoms with Crippen molar-refractivity contribution in [3.05, 3.63) is 68.7 Å². The summed E-state index contributed by atoms with van der Waals surface area (Å²) in [5.74, 6) is 0.0742. The van der Waals surface area contributed by atoms with E-state index in [1.54, 1.807) is 4.90 Å². The van der Waals surface area contributed by atoms with Gasteiger partial charge in [-0.1, -0.05) is 29.8 Å². The molecule has 1 unspecified atom stereocenters. The minimum absolute atomic E-state index is 0.0233. The molecule has 26 heavy (non-hydrogen) atoms. The van der Waals surface area contributed by atoms with Crippen molar-refractivity contribution in [3.8, 4) is 0 Å². The Bertz CT molecular complexity index is 859. The zero-order valence-electron chi connectivity index (χ0n) is 14.1. The fourth-order valence-corrected chi connectivity index (χ4v) is 3.64. The Kier molecular flexibility index (Phi) is 5.46. The second kappa shape index (κ2) is 7.61. The van der Waals surface area contributed by atoms with Crippen molar-refractivity contribution >= 4 is 40.5 Å². The van der Waals surface area contributed by atoms with Gasteiger partial charge in [0.1, 0.15) is 0 Å². The number of likely N-dealkylation sites (N-methyl/N-ethyl adjacent to an activating group) is 1. The highest BCUT2D eigenvalue weighted by Crippen LogP contribution is 2.30. The maximum Gasteiger partial charge on any atom is 0.270 e. The topological polar surface area (TPSA) is 66.7 Å².